The van der Waals surface area contributed by atoms with E-state index < -0.39 is 0 Å². The second-order valence-electron chi connectivity index (χ2n) is 3.30. The summed E-state index contributed by atoms with van der Waals surface area (Å²) in [6.45, 7) is 2.07. The van der Waals surface area contributed by atoms with Crippen molar-refractivity contribution in [2.24, 2.45) is 0 Å². The summed E-state index contributed by atoms with van der Waals surface area (Å²) in [5, 5.41) is 0. The maximum Gasteiger partial charge on any atom is 0.128 e. The molecule has 0 aliphatic carbocycles. The van der Waals surface area contributed by atoms with E-state index in [0.717, 1.165) is 29.3 Å². The van der Waals surface area contributed by atoms with Crippen molar-refractivity contribution in [3.63, 3.8) is 0 Å². The number of aromatic amines is 1. The van der Waals surface area contributed by atoms with Gasteiger partial charge in [0.2, 0.25) is 0 Å². The number of benzene rings is 1. The fraction of sp³-hybridized carbons (Fsp3) is 0.250. The van der Waals surface area contributed by atoms with Crippen molar-refractivity contribution >= 4 is 0 Å². The summed E-state index contributed by atoms with van der Waals surface area (Å²) >= 11 is 0. The zero-order valence-corrected chi connectivity index (χ0v) is 8.95. The molecule has 0 amide bonds. The molecule has 2 rings (SSSR count). The van der Waals surface area contributed by atoms with Gasteiger partial charge in [-0.3, -0.25) is 0 Å². The molecule has 0 fully saturated rings. The first-order chi connectivity index (χ1) is 7.35. The van der Waals surface area contributed by atoms with E-state index in [4.69, 9.17) is 4.74 Å². The van der Waals surface area contributed by atoms with Crippen molar-refractivity contribution in [2.45, 2.75) is 13.3 Å². The first-order valence-electron chi connectivity index (χ1n) is 5.02. The molecule has 0 bridgehead atoms. The van der Waals surface area contributed by atoms with Crippen LogP contribution in [0.15, 0.2) is 30.5 Å². The van der Waals surface area contributed by atoms with Crippen LogP contribution in [0.1, 0.15) is 12.7 Å². The fourth-order valence-corrected chi connectivity index (χ4v) is 1.55. The number of imidazole rings is 1. The average molecular weight is 202 g/mol. The van der Waals surface area contributed by atoms with E-state index in [1.54, 1.807) is 7.11 Å². The molecule has 1 aromatic carbocycles. The van der Waals surface area contributed by atoms with Crippen molar-refractivity contribution in [1.29, 1.82) is 0 Å². The Balaban J connectivity index is 2.44. The number of rotatable bonds is 3. The third kappa shape index (κ3) is 1.86. The summed E-state index contributed by atoms with van der Waals surface area (Å²) in [6, 6.07) is 7.91. The number of ether oxygens (including phenoxy) is 1. The highest BCUT2D eigenvalue weighted by atomic mass is 16.5. The number of aromatic nitrogens is 2. The summed E-state index contributed by atoms with van der Waals surface area (Å²) in [5.74, 6) is 1.86. The molecule has 0 saturated heterocycles. The monoisotopic (exact) mass is 202 g/mol. The van der Waals surface area contributed by atoms with Gasteiger partial charge >= 0.3 is 0 Å². The molecule has 0 aliphatic heterocycles. The Kier molecular flexibility index (Phi) is 2.72. The number of methoxy groups -OCH3 is 1. The molecule has 1 heterocycles. The van der Waals surface area contributed by atoms with Crippen molar-refractivity contribution in [1.82, 2.24) is 9.97 Å². The number of aryl methyl sites for hydroxylation is 1. The summed E-state index contributed by atoms with van der Waals surface area (Å²) in [7, 11) is 1.68. The van der Waals surface area contributed by atoms with Crippen molar-refractivity contribution in [3.05, 3.63) is 36.3 Å². The predicted octanol–water partition coefficient (Wildman–Crippen LogP) is 2.65. The highest BCUT2D eigenvalue weighted by molar-refractivity contribution is 5.66. The van der Waals surface area contributed by atoms with E-state index in [-0.39, 0.29) is 0 Å². The Morgan fingerprint density at radius 2 is 2.13 bits per heavy atom. The minimum atomic E-state index is 0.865. The van der Waals surface area contributed by atoms with Gasteiger partial charge in [0.05, 0.1) is 19.0 Å². The highest BCUT2D eigenvalue weighted by Gasteiger charge is 2.06. The van der Waals surface area contributed by atoms with Gasteiger partial charge in [0, 0.05) is 12.0 Å². The topological polar surface area (TPSA) is 37.9 Å². The summed E-state index contributed by atoms with van der Waals surface area (Å²) in [5.41, 5.74) is 2.05. The Hall–Kier alpha value is -1.77. The van der Waals surface area contributed by atoms with Crippen LogP contribution in [0.2, 0.25) is 0 Å². The smallest absolute Gasteiger partial charge is 0.128 e. The Morgan fingerprint density at radius 1 is 1.33 bits per heavy atom. The molecule has 1 N–H and O–H groups in total. The van der Waals surface area contributed by atoms with Crippen LogP contribution in [0, 0.1) is 0 Å². The van der Waals surface area contributed by atoms with E-state index in [0.29, 0.717) is 0 Å². The Bertz CT molecular complexity index is 448. The van der Waals surface area contributed by atoms with Crippen LogP contribution in [0.4, 0.5) is 0 Å². The molecule has 0 saturated carbocycles. The van der Waals surface area contributed by atoms with E-state index >= 15 is 0 Å². The highest BCUT2D eigenvalue weighted by Crippen LogP contribution is 2.27. The van der Waals surface area contributed by atoms with E-state index in [2.05, 4.69) is 16.9 Å². The molecule has 0 radical (unpaired) electrons. The van der Waals surface area contributed by atoms with Crippen LogP contribution >= 0.6 is 0 Å². The van der Waals surface area contributed by atoms with Crippen molar-refractivity contribution in [2.75, 3.05) is 7.11 Å². The van der Waals surface area contributed by atoms with Gasteiger partial charge < -0.3 is 9.72 Å². The molecule has 15 heavy (non-hydrogen) atoms. The van der Waals surface area contributed by atoms with Gasteiger partial charge in [0.15, 0.2) is 0 Å². The molecule has 0 spiro atoms. The Labute approximate surface area is 89.1 Å². The van der Waals surface area contributed by atoms with Crippen LogP contribution in [-0.4, -0.2) is 17.1 Å². The predicted molar refractivity (Wildman–Crippen MR) is 60.0 cm³/mol. The molecular formula is C12H14N2O. The molecule has 0 unspecified atom stereocenters. The Morgan fingerprint density at radius 3 is 2.80 bits per heavy atom. The van der Waals surface area contributed by atoms with Crippen LogP contribution in [-0.2, 0) is 6.42 Å². The maximum absolute atomic E-state index is 5.29. The van der Waals surface area contributed by atoms with E-state index in [1.165, 1.54) is 0 Å². The van der Waals surface area contributed by atoms with E-state index in [9.17, 15) is 0 Å². The van der Waals surface area contributed by atoms with Crippen molar-refractivity contribution < 1.29 is 4.74 Å². The van der Waals surface area contributed by atoms with Crippen LogP contribution < -0.4 is 4.74 Å². The second-order valence-corrected chi connectivity index (χ2v) is 3.30. The molecule has 78 valence electrons. The lowest BCUT2D eigenvalue weighted by Gasteiger charge is -2.05. The number of nitrogens with one attached hydrogen (secondary N) is 1. The first kappa shape index (κ1) is 9.77. The lowest BCUT2D eigenvalue weighted by Crippen LogP contribution is -1.87. The first-order valence-corrected chi connectivity index (χ1v) is 5.02. The van der Waals surface area contributed by atoms with Crippen molar-refractivity contribution in [3.8, 4) is 17.0 Å². The minimum Gasteiger partial charge on any atom is -0.496 e. The molecule has 1 aromatic heterocycles. The number of nitrogens with zero attached hydrogens (tertiary/aromatic N) is 1. The van der Waals surface area contributed by atoms with Gasteiger partial charge in [-0.2, -0.15) is 0 Å². The van der Waals surface area contributed by atoms with Gasteiger partial charge in [-0.1, -0.05) is 19.1 Å². The van der Waals surface area contributed by atoms with Crippen LogP contribution in [0.25, 0.3) is 11.3 Å². The molecular weight excluding hydrogens is 188 g/mol. The normalized spacial score (nSPS) is 10.3. The third-order valence-electron chi connectivity index (χ3n) is 2.36. The number of hydrogen-bond donors (Lipinski definition) is 1. The SMILES string of the molecule is CCc1ncc(-c2ccccc2OC)[nH]1. The minimum absolute atomic E-state index is 0.865. The zero-order valence-electron chi connectivity index (χ0n) is 8.95. The largest absolute Gasteiger partial charge is 0.496 e. The van der Waals surface area contributed by atoms with Gasteiger partial charge in [0.25, 0.3) is 0 Å². The fourth-order valence-electron chi connectivity index (χ4n) is 1.55. The van der Waals surface area contributed by atoms with Gasteiger partial charge in [0.1, 0.15) is 11.6 Å². The standard InChI is InChI=1S/C12H14N2O/c1-3-12-13-8-10(14-12)9-6-4-5-7-11(9)15-2/h4-8H,3H2,1-2H3,(H,13,14). The number of hydrogen-bond acceptors (Lipinski definition) is 2. The van der Waals surface area contributed by atoms with Crippen LogP contribution in [0.5, 0.6) is 5.75 Å². The molecule has 2 aromatic rings. The van der Waals surface area contributed by atoms with Crippen LogP contribution in [0.3, 0.4) is 0 Å². The molecule has 0 atom stereocenters. The van der Waals surface area contributed by atoms with E-state index in [1.807, 2.05) is 30.5 Å². The zero-order chi connectivity index (χ0) is 10.7. The number of para-hydroxylation sites is 1. The molecule has 3 nitrogen and oxygen atoms in total. The third-order valence-corrected chi connectivity index (χ3v) is 2.36. The van der Waals surface area contributed by atoms with Gasteiger partial charge in [-0.05, 0) is 12.1 Å². The van der Waals surface area contributed by atoms with Gasteiger partial charge in [-0.15, -0.1) is 0 Å². The average Bonchev–Trinajstić information content (AvgIpc) is 2.77. The lowest BCUT2D eigenvalue weighted by molar-refractivity contribution is 0.416. The lowest BCUT2D eigenvalue weighted by atomic mass is 10.1. The summed E-state index contributed by atoms with van der Waals surface area (Å²) in [6.07, 6.45) is 2.76. The summed E-state index contributed by atoms with van der Waals surface area (Å²) < 4.78 is 5.29. The second kappa shape index (κ2) is 4.17. The van der Waals surface area contributed by atoms with Gasteiger partial charge in [-0.25, -0.2) is 4.98 Å². The summed E-state index contributed by atoms with van der Waals surface area (Å²) in [4.78, 5) is 7.54. The molecule has 0 aliphatic rings. The molecule has 3 heteroatoms. The maximum atomic E-state index is 5.29. The number of H-pyrrole nitrogens is 1. The quantitative estimate of drug-likeness (QED) is 0.830.